The Morgan fingerprint density at radius 3 is 2.58 bits per heavy atom. The minimum Gasteiger partial charge on any atom is -0.383 e. The molecule has 0 aliphatic rings. The number of methoxy groups -OCH3 is 1. The Kier molecular flexibility index (Phi) is 3.48. The van der Waals surface area contributed by atoms with Crippen molar-refractivity contribution in [2.75, 3.05) is 12.8 Å². The summed E-state index contributed by atoms with van der Waals surface area (Å²) in [6.45, 7) is 0.331. The average Bonchev–Trinajstić information content (AvgIpc) is 2.66. The number of benzene rings is 1. The van der Waals surface area contributed by atoms with E-state index in [2.05, 4.69) is 5.10 Å². The SMILES string of the molecule is COCc1nn(C)c(N)c1-c1ccc([N+](=O)[O-])cc1. The van der Waals surface area contributed by atoms with E-state index in [-0.39, 0.29) is 5.69 Å². The lowest BCUT2D eigenvalue weighted by Crippen LogP contribution is -1.98. The minimum absolute atomic E-state index is 0.0412. The van der Waals surface area contributed by atoms with Crippen LogP contribution in [-0.2, 0) is 18.4 Å². The fourth-order valence-electron chi connectivity index (χ4n) is 1.90. The minimum atomic E-state index is -0.438. The largest absolute Gasteiger partial charge is 0.383 e. The second kappa shape index (κ2) is 5.07. The van der Waals surface area contributed by atoms with Gasteiger partial charge in [-0.2, -0.15) is 5.10 Å². The summed E-state index contributed by atoms with van der Waals surface area (Å²) in [7, 11) is 3.31. The van der Waals surface area contributed by atoms with E-state index in [4.69, 9.17) is 10.5 Å². The molecule has 100 valence electrons. The summed E-state index contributed by atoms with van der Waals surface area (Å²) in [6.07, 6.45) is 0. The Hall–Kier alpha value is -2.41. The maximum absolute atomic E-state index is 10.6. The van der Waals surface area contributed by atoms with Crippen LogP contribution in [0.4, 0.5) is 11.5 Å². The zero-order valence-corrected chi connectivity index (χ0v) is 10.7. The van der Waals surface area contributed by atoms with E-state index in [1.165, 1.54) is 12.1 Å². The second-order valence-corrected chi connectivity index (χ2v) is 4.07. The van der Waals surface area contributed by atoms with E-state index >= 15 is 0 Å². The first-order valence-corrected chi connectivity index (χ1v) is 5.59. The van der Waals surface area contributed by atoms with Crippen molar-refractivity contribution in [3.8, 4) is 11.1 Å². The van der Waals surface area contributed by atoms with Crippen LogP contribution in [0.1, 0.15) is 5.69 Å². The van der Waals surface area contributed by atoms with Gasteiger partial charge in [0.25, 0.3) is 5.69 Å². The molecule has 7 nitrogen and oxygen atoms in total. The Morgan fingerprint density at radius 2 is 2.05 bits per heavy atom. The van der Waals surface area contributed by atoms with Crippen molar-refractivity contribution in [3.63, 3.8) is 0 Å². The van der Waals surface area contributed by atoms with Gasteiger partial charge < -0.3 is 10.5 Å². The number of nitrogen functional groups attached to an aromatic ring is 1. The number of nitro groups is 1. The van der Waals surface area contributed by atoms with Gasteiger partial charge in [0.05, 0.1) is 17.2 Å². The molecule has 0 unspecified atom stereocenters. The van der Waals surface area contributed by atoms with Crippen molar-refractivity contribution in [2.45, 2.75) is 6.61 Å². The maximum Gasteiger partial charge on any atom is 0.269 e. The topological polar surface area (TPSA) is 96.2 Å². The first-order chi connectivity index (χ1) is 9.04. The summed E-state index contributed by atoms with van der Waals surface area (Å²) < 4.78 is 6.64. The van der Waals surface area contributed by atoms with Crippen LogP contribution in [0.25, 0.3) is 11.1 Å². The van der Waals surface area contributed by atoms with Crippen LogP contribution in [0.5, 0.6) is 0 Å². The zero-order valence-electron chi connectivity index (χ0n) is 10.7. The summed E-state index contributed by atoms with van der Waals surface area (Å²) in [5.74, 6) is 0.501. The third-order valence-electron chi connectivity index (χ3n) is 2.81. The van der Waals surface area contributed by atoms with Crippen molar-refractivity contribution in [1.29, 1.82) is 0 Å². The molecule has 1 aromatic heterocycles. The van der Waals surface area contributed by atoms with Gasteiger partial charge in [0.2, 0.25) is 0 Å². The normalized spacial score (nSPS) is 10.6. The van der Waals surface area contributed by atoms with E-state index < -0.39 is 4.92 Å². The van der Waals surface area contributed by atoms with Crippen molar-refractivity contribution >= 4 is 11.5 Å². The van der Waals surface area contributed by atoms with Gasteiger partial charge >= 0.3 is 0 Å². The summed E-state index contributed by atoms with van der Waals surface area (Å²) in [6, 6.07) is 6.20. The zero-order chi connectivity index (χ0) is 14.0. The smallest absolute Gasteiger partial charge is 0.269 e. The summed E-state index contributed by atoms with van der Waals surface area (Å²) in [5.41, 5.74) is 8.25. The fraction of sp³-hybridized carbons (Fsp3) is 0.250. The van der Waals surface area contributed by atoms with Crippen LogP contribution in [-0.4, -0.2) is 21.8 Å². The Labute approximate surface area is 109 Å². The molecular weight excluding hydrogens is 248 g/mol. The second-order valence-electron chi connectivity index (χ2n) is 4.07. The number of anilines is 1. The number of nitro benzene ring substituents is 1. The summed E-state index contributed by atoms with van der Waals surface area (Å²) >= 11 is 0. The lowest BCUT2D eigenvalue weighted by molar-refractivity contribution is -0.384. The molecule has 0 spiro atoms. The molecule has 0 fully saturated rings. The van der Waals surface area contributed by atoms with Crippen LogP contribution in [0, 0.1) is 10.1 Å². The van der Waals surface area contributed by atoms with Crippen LogP contribution >= 0.6 is 0 Å². The molecule has 2 aromatic rings. The average molecular weight is 262 g/mol. The van der Waals surface area contributed by atoms with Gasteiger partial charge in [-0.1, -0.05) is 0 Å². The van der Waals surface area contributed by atoms with Crippen molar-refractivity contribution in [2.24, 2.45) is 7.05 Å². The number of aryl methyl sites for hydroxylation is 1. The number of hydrogen-bond acceptors (Lipinski definition) is 5. The molecule has 0 saturated heterocycles. The molecule has 0 radical (unpaired) electrons. The van der Waals surface area contributed by atoms with E-state index in [0.717, 1.165) is 11.1 Å². The Morgan fingerprint density at radius 1 is 1.42 bits per heavy atom. The van der Waals surface area contributed by atoms with Gasteiger partial charge in [0.1, 0.15) is 5.82 Å². The predicted molar refractivity (Wildman–Crippen MR) is 70.4 cm³/mol. The third kappa shape index (κ3) is 2.41. The highest BCUT2D eigenvalue weighted by atomic mass is 16.6. The number of hydrogen-bond donors (Lipinski definition) is 1. The van der Waals surface area contributed by atoms with Crippen LogP contribution < -0.4 is 5.73 Å². The van der Waals surface area contributed by atoms with E-state index in [1.54, 1.807) is 31.0 Å². The van der Waals surface area contributed by atoms with Gasteiger partial charge in [-0.25, -0.2) is 0 Å². The summed E-state index contributed by atoms with van der Waals surface area (Å²) in [4.78, 5) is 10.2. The summed E-state index contributed by atoms with van der Waals surface area (Å²) in [5, 5.41) is 14.9. The Balaban J connectivity index is 2.48. The monoisotopic (exact) mass is 262 g/mol. The molecule has 0 aliphatic heterocycles. The third-order valence-corrected chi connectivity index (χ3v) is 2.81. The number of rotatable bonds is 4. The predicted octanol–water partition coefficient (Wildman–Crippen LogP) is 1.72. The van der Waals surface area contributed by atoms with Gasteiger partial charge in [0.15, 0.2) is 0 Å². The highest BCUT2D eigenvalue weighted by molar-refractivity contribution is 5.77. The molecule has 0 saturated carbocycles. The first kappa shape index (κ1) is 13.0. The van der Waals surface area contributed by atoms with Gasteiger partial charge in [-0.3, -0.25) is 14.8 Å². The van der Waals surface area contributed by atoms with Gasteiger partial charge in [0, 0.05) is 31.9 Å². The number of aromatic nitrogens is 2. The maximum atomic E-state index is 10.6. The molecule has 0 atom stereocenters. The molecule has 2 N–H and O–H groups in total. The van der Waals surface area contributed by atoms with Gasteiger partial charge in [-0.15, -0.1) is 0 Å². The molecule has 7 heteroatoms. The Bertz CT molecular complexity index is 604. The van der Waals surface area contributed by atoms with Crippen LogP contribution in [0.3, 0.4) is 0 Å². The van der Waals surface area contributed by atoms with Crippen LogP contribution in [0.2, 0.25) is 0 Å². The van der Waals surface area contributed by atoms with Crippen molar-refractivity contribution in [1.82, 2.24) is 9.78 Å². The highest BCUT2D eigenvalue weighted by Gasteiger charge is 2.16. The molecule has 2 rings (SSSR count). The van der Waals surface area contributed by atoms with E-state index in [0.29, 0.717) is 18.1 Å². The molecule has 0 bridgehead atoms. The van der Waals surface area contributed by atoms with E-state index in [1.807, 2.05) is 0 Å². The quantitative estimate of drug-likeness (QED) is 0.668. The van der Waals surface area contributed by atoms with Gasteiger partial charge in [-0.05, 0) is 17.7 Å². The molecule has 1 heterocycles. The molecule has 19 heavy (non-hydrogen) atoms. The first-order valence-electron chi connectivity index (χ1n) is 5.59. The van der Waals surface area contributed by atoms with Crippen LogP contribution in [0.15, 0.2) is 24.3 Å². The molecular formula is C12H14N4O3. The number of nitrogens with zero attached hydrogens (tertiary/aromatic N) is 3. The van der Waals surface area contributed by atoms with E-state index in [9.17, 15) is 10.1 Å². The molecule has 0 aliphatic carbocycles. The molecule has 0 amide bonds. The van der Waals surface area contributed by atoms with Crippen molar-refractivity contribution < 1.29 is 9.66 Å². The standard InChI is InChI=1S/C12H14N4O3/c1-15-12(13)11(10(14-15)7-19-2)8-3-5-9(6-4-8)16(17)18/h3-6H,7,13H2,1-2H3. The number of non-ortho nitro benzene ring substituents is 1. The lowest BCUT2D eigenvalue weighted by atomic mass is 10.1. The van der Waals surface area contributed by atoms with Crippen molar-refractivity contribution in [3.05, 3.63) is 40.1 Å². The lowest BCUT2D eigenvalue weighted by Gasteiger charge is -2.03. The number of ether oxygens (including phenoxy) is 1. The highest BCUT2D eigenvalue weighted by Crippen LogP contribution is 2.30. The molecule has 1 aromatic carbocycles. The number of nitrogens with two attached hydrogens (primary N) is 1. The fourth-order valence-corrected chi connectivity index (χ4v) is 1.90.